The number of aromatic nitrogens is 1. The van der Waals surface area contributed by atoms with Gasteiger partial charge in [-0.3, -0.25) is 9.88 Å². The molecule has 1 aliphatic carbocycles. The van der Waals surface area contributed by atoms with E-state index < -0.39 is 5.97 Å². The minimum atomic E-state index is -0.928. The molecule has 2 fully saturated rings. The zero-order valence-electron chi connectivity index (χ0n) is 17.7. The maximum Gasteiger partial charge on any atom is 0.337 e. The Morgan fingerprint density at radius 3 is 2.48 bits per heavy atom. The van der Waals surface area contributed by atoms with E-state index in [1.807, 2.05) is 6.07 Å². The molecule has 0 bridgehead atoms. The quantitative estimate of drug-likeness (QED) is 0.624. The third-order valence-corrected chi connectivity index (χ3v) is 6.06. The van der Waals surface area contributed by atoms with Gasteiger partial charge < -0.3 is 10.4 Å². The van der Waals surface area contributed by atoms with Gasteiger partial charge in [-0.15, -0.1) is 24.8 Å². The first-order chi connectivity index (χ1) is 14.1. The first-order valence-electron chi connectivity index (χ1n) is 10.5. The van der Waals surface area contributed by atoms with Crippen LogP contribution in [0.15, 0.2) is 54.2 Å². The average molecular weight is 464 g/mol. The summed E-state index contributed by atoms with van der Waals surface area (Å²) < 4.78 is 0. The maximum absolute atomic E-state index is 10.9. The molecule has 2 N–H and O–H groups in total. The monoisotopic (exact) mass is 463 g/mol. The lowest BCUT2D eigenvalue weighted by Crippen LogP contribution is -2.43. The molecule has 4 rings (SSSR count). The van der Waals surface area contributed by atoms with E-state index in [2.05, 4.69) is 58.5 Å². The molecule has 0 amide bonds. The number of carboxylic acid groups (broad SMARTS) is 1. The number of benzene rings is 1. The lowest BCUT2D eigenvalue weighted by atomic mass is 10.0. The largest absolute Gasteiger partial charge is 0.478 e. The number of pyridine rings is 1. The molecule has 2 heterocycles. The van der Waals surface area contributed by atoms with Gasteiger partial charge in [-0.2, -0.15) is 0 Å². The Labute approximate surface area is 196 Å². The summed E-state index contributed by atoms with van der Waals surface area (Å²) in [5, 5.41) is 12.8. The van der Waals surface area contributed by atoms with Crippen LogP contribution in [0.1, 0.15) is 47.8 Å². The number of likely N-dealkylation sites (tertiary alicyclic amines) is 1. The van der Waals surface area contributed by atoms with Crippen molar-refractivity contribution in [3.63, 3.8) is 0 Å². The average Bonchev–Trinajstić information content (AvgIpc) is 3.50. The fourth-order valence-electron chi connectivity index (χ4n) is 4.24. The van der Waals surface area contributed by atoms with Gasteiger partial charge in [0, 0.05) is 37.9 Å². The van der Waals surface area contributed by atoms with Crippen molar-refractivity contribution >= 4 is 36.9 Å². The summed E-state index contributed by atoms with van der Waals surface area (Å²) in [4.78, 5) is 17.6. The Morgan fingerprint density at radius 1 is 1.16 bits per heavy atom. The molecule has 5 nitrogen and oxygen atoms in total. The molecular weight excluding hydrogens is 433 g/mol. The van der Waals surface area contributed by atoms with Gasteiger partial charge in [0.05, 0.1) is 11.3 Å². The molecule has 1 saturated heterocycles. The van der Waals surface area contributed by atoms with Crippen LogP contribution in [0.5, 0.6) is 0 Å². The molecule has 1 aromatic heterocycles. The van der Waals surface area contributed by atoms with Gasteiger partial charge in [0.25, 0.3) is 0 Å². The first-order valence-corrected chi connectivity index (χ1v) is 10.5. The molecule has 1 aromatic carbocycles. The van der Waals surface area contributed by atoms with E-state index in [4.69, 9.17) is 5.11 Å². The molecule has 1 aliphatic heterocycles. The summed E-state index contributed by atoms with van der Waals surface area (Å²) in [7, 11) is 0. The van der Waals surface area contributed by atoms with Gasteiger partial charge in [-0.25, -0.2) is 4.79 Å². The van der Waals surface area contributed by atoms with Crippen molar-refractivity contribution in [2.45, 2.75) is 44.8 Å². The number of carbonyl (C=O) groups is 1. The van der Waals surface area contributed by atoms with Gasteiger partial charge in [-0.05, 0) is 49.8 Å². The van der Waals surface area contributed by atoms with Crippen LogP contribution in [0.3, 0.4) is 0 Å². The molecule has 2 aromatic rings. The van der Waals surface area contributed by atoms with Crippen LogP contribution in [0.25, 0.3) is 6.08 Å². The summed E-state index contributed by atoms with van der Waals surface area (Å²) in [6.07, 6.45) is 7.31. The molecule has 7 heteroatoms. The number of carboxylic acids is 1. The zero-order chi connectivity index (χ0) is 20.2. The number of piperidine rings is 1. The van der Waals surface area contributed by atoms with Crippen molar-refractivity contribution in [2.24, 2.45) is 5.92 Å². The number of nitrogens with one attached hydrogen (secondary N) is 1. The van der Waals surface area contributed by atoms with Gasteiger partial charge in [0.15, 0.2) is 0 Å². The highest BCUT2D eigenvalue weighted by Crippen LogP contribution is 2.38. The number of hydrogen-bond donors (Lipinski definition) is 2. The van der Waals surface area contributed by atoms with E-state index in [0.717, 1.165) is 38.2 Å². The van der Waals surface area contributed by atoms with Gasteiger partial charge in [-0.1, -0.05) is 42.0 Å². The molecule has 1 saturated carbocycles. The summed E-state index contributed by atoms with van der Waals surface area (Å²) in [6.45, 7) is 5.15. The van der Waals surface area contributed by atoms with Gasteiger partial charge in [0.1, 0.15) is 0 Å². The Balaban J connectivity index is 0.00000171. The molecule has 2 atom stereocenters. The van der Waals surface area contributed by atoms with Crippen LogP contribution < -0.4 is 5.32 Å². The normalized spacial score (nSPS) is 21.6. The highest BCUT2D eigenvalue weighted by atomic mass is 35.5. The fourth-order valence-corrected chi connectivity index (χ4v) is 4.24. The molecule has 168 valence electrons. The standard InChI is InChI=1S/C24H29N3O2.2ClH/c1-17(13-18-5-3-2-4-6-18)22-14-23(22)26-20-9-11-27(12-10-20)16-21-8-7-19(15-25-21)24(28)29;;/h2-8,13,15,20,22-23,26H,9-12,14,16H2,1H3,(H,28,29);2*1H/b17-13+;;. The second kappa shape index (κ2) is 11.6. The highest BCUT2D eigenvalue weighted by Gasteiger charge is 2.39. The van der Waals surface area contributed by atoms with Crippen LogP contribution in [0, 0.1) is 5.92 Å². The highest BCUT2D eigenvalue weighted by molar-refractivity contribution is 5.87. The van der Waals surface area contributed by atoms with Crippen molar-refractivity contribution in [1.29, 1.82) is 0 Å². The summed E-state index contributed by atoms with van der Waals surface area (Å²) in [5.74, 6) is -0.256. The van der Waals surface area contributed by atoms with Crippen LogP contribution >= 0.6 is 24.8 Å². The van der Waals surface area contributed by atoms with Crippen LogP contribution in [0.2, 0.25) is 0 Å². The first kappa shape index (κ1) is 25.3. The Bertz CT molecular complexity index is 866. The SMILES string of the molecule is C/C(=C\c1ccccc1)C1CC1NC1CCN(Cc2ccc(C(=O)O)cn2)CC1.Cl.Cl. The van der Waals surface area contributed by atoms with Crippen molar-refractivity contribution in [2.75, 3.05) is 13.1 Å². The second-order valence-electron chi connectivity index (χ2n) is 8.31. The summed E-state index contributed by atoms with van der Waals surface area (Å²) in [5.41, 5.74) is 3.94. The predicted octanol–water partition coefficient (Wildman–Crippen LogP) is 4.67. The lowest BCUT2D eigenvalue weighted by Gasteiger charge is -2.32. The Kier molecular flexibility index (Phi) is 9.51. The molecule has 31 heavy (non-hydrogen) atoms. The van der Waals surface area contributed by atoms with E-state index in [1.165, 1.54) is 23.8 Å². The van der Waals surface area contributed by atoms with E-state index in [0.29, 0.717) is 18.0 Å². The third-order valence-electron chi connectivity index (χ3n) is 6.06. The lowest BCUT2D eigenvalue weighted by molar-refractivity contribution is 0.0696. The van der Waals surface area contributed by atoms with Crippen molar-refractivity contribution in [1.82, 2.24) is 15.2 Å². The number of hydrogen-bond acceptors (Lipinski definition) is 4. The Hall–Kier alpha value is -1.92. The van der Waals surface area contributed by atoms with Gasteiger partial charge >= 0.3 is 5.97 Å². The number of nitrogens with zero attached hydrogens (tertiary/aromatic N) is 2. The van der Waals surface area contributed by atoms with Crippen LogP contribution in [-0.4, -0.2) is 46.1 Å². The minimum Gasteiger partial charge on any atom is -0.478 e. The molecule has 2 unspecified atom stereocenters. The summed E-state index contributed by atoms with van der Waals surface area (Å²) >= 11 is 0. The van der Waals surface area contributed by atoms with E-state index in [1.54, 1.807) is 6.07 Å². The van der Waals surface area contributed by atoms with E-state index in [-0.39, 0.29) is 30.4 Å². The molecular formula is C24H31Cl2N3O2. The van der Waals surface area contributed by atoms with Crippen LogP contribution in [-0.2, 0) is 6.54 Å². The van der Waals surface area contributed by atoms with Gasteiger partial charge in [0.2, 0.25) is 0 Å². The van der Waals surface area contributed by atoms with Crippen molar-refractivity contribution in [3.8, 4) is 0 Å². The molecule has 0 spiro atoms. The number of halogens is 2. The van der Waals surface area contributed by atoms with E-state index >= 15 is 0 Å². The van der Waals surface area contributed by atoms with E-state index in [9.17, 15) is 4.79 Å². The Morgan fingerprint density at radius 2 is 1.87 bits per heavy atom. The van der Waals surface area contributed by atoms with Crippen LogP contribution in [0.4, 0.5) is 0 Å². The topological polar surface area (TPSA) is 65.5 Å². The second-order valence-corrected chi connectivity index (χ2v) is 8.31. The fraction of sp³-hybridized carbons (Fsp3) is 0.417. The third kappa shape index (κ3) is 7.04. The molecule has 2 aliphatic rings. The summed E-state index contributed by atoms with van der Waals surface area (Å²) in [6, 6.07) is 15.2. The van der Waals surface area contributed by atoms with Crippen molar-refractivity contribution in [3.05, 3.63) is 71.1 Å². The maximum atomic E-state index is 10.9. The number of rotatable bonds is 7. The molecule has 0 radical (unpaired) electrons. The zero-order valence-corrected chi connectivity index (χ0v) is 19.4. The smallest absolute Gasteiger partial charge is 0.337 e. The minimum absolute atomic E-state index is 0. The number of aromatic carboxylic acids is 1. The predicted molar refractivity (Wildman–Crippen MR) is 129 cm³/mol. The van der Waals surface area contributed by atoms with Crippen molar-refractivity contribution < 1.29 is 9.90 Å².